The van der Waals surface area contributed by atoms with Gasteiger partial charge in [0.15, 0.2) is 0 Å². The van der Waals surface area contributed by atoms with Crippen LogP contribution in [0.15, 0.2) is 115 Å². The smallest absolute Gasteiger partial charge is 0.234 e. The van der Waals surface area contributed by atoms with Crippen molar-refractivity contribution < 1.29 is 9.53 Å². The molecule has 0 unspecified atom stereocenters. The van der Waals surface area contributed by atoms with Crippen LogP contribution in [-0.4, -0.2) is 19.0 Å². The Hall–Kier alpha value is -3.89. The number of ether oxygens (including phenoxy) is 1. The van der Waals surface area contributed by atoms with Crippen LogP contribution in [0.3, 0.4) is 0 Å². The average molecular weight is 465 g/mol. The zero-order valence-electron chi connectivity index (χ0n) is 20.1. The second-order valence-electron chi connectivity index (χ2n) is 8.86. The van der Waals surface area contributed by atoms with Gasteiger partial charge in [0.1, 0.15) is 12.4 Å². The number of carbonyl (C=O) groups excluding carboxylic acids is 1. The first-order chi connectivity index (χ1) is 17.1. The van der Waals surface area contributed by atoms with Crippen molar-refractivity contribution in [2.24, 2.45) is 0 Å². The van der Waals surface area contributed by atoms with E-state index in [1.165, 1.54) is 11.1 Å². The Morgan fingerprint density at radius 3 is 1.83 bits per heavy atom. The molecule has 0 aliphatic rings. The van der Waals surface area contributed by atoms with Crippen LogP contribution >= 0.6 is 0 Å². The topological polar surface area (TPSA) is 50.4 Å². The molecule has 0 aliphatic carbocycles. The maximum Gasteiger partial charge on any atom is 0.234 e. The second-order valence-corrected chi connectivity index (χ2v) is 8.86. The molecule has 4 aromatic carbocycles. The normalized spacial score (nSPS) is 11.1. The lowest BCUT2D eigenvalue weighted by atomic mass is 9.76. The minimum atomic E-state index is -0.312. The highest BCUT2D eigenvalue weighted by molar-refractivity contribution is 5.78. The molecule has 0 spiro atoms. The number of amides is 1. The molecule has 0 atom stereocenters. The first kappa shape index (κ1) is 24.2. The van der Waals surface area contributed by atoms with Crippen molar-refractivity contribution in [1.29, 1.82) is 0 Å². The van der Waals surface area contributed by atoms with Gasteiger partial charge in [-0.25, -0.2) is 0 Å². The van der Waals surface area contributed by atoms with E-state index >= 15 is 0 Å². The molecule has 2 N–H and O–H groups in total. The minimum Gasteiger partial charge on any atom is -0.489 e. The van der Waals surface area contributed by atoms with Crippen LogP contribution in [0.2, 0.25) is 0 Å². The predicted molar refractivity (Wildman–Crippen MR) is 141 cm³/mol. The average Bonchev–Trinajstić information content (AvgIpc) is 2.93. The van der Waals surface area contributed by atoms with E-state index < -0.39 is 0 Å². The van der Waals surface area contributed by atoms with Crippen molar-refractivity contribution in [1.82, 2.24) is 10.6 Å². The van der Waals surface area contributed by atoms with Crippen molar-refractivity contribution in [3.8, 4) is 5.75 Å². The predicted octanol–water partition coefficient (Wildman–Crippen LogP) is 5.48. The SMILES string of the molecule is CC(CNC(=O)CNCc1ccc(OCc2ccccc2)cc1)(c1ccccc1)c1ccccc1. The monoisotopic (exact) mass is 464 g/mol. The van der Waals surface area contributed by atoms with E-state index in [2.05, 4.69) is 41.8 Å². The van der Waals surface area contributed by atoms with Gasteiger partial charge in [-0.3, -0.25) is 4.79 Å². The molecule has 0 saturated heterocycles. The third kappa shape index (κ3) is 6.81. The van der Waals surface area contributed by atoms with Gasteiger partial charge >= 0.3 is 0 Å². The number of hydrogen-bond donors (Lipinski definition) is 2. The fourth-order valence-corrected chi connectivity index (χ4v) is 4.09. The van der Waals surface area contributed by atoms with Crippen LogP contribution in [0.25, 0.3) is 0 Å². The number of hydrogen-bond acceptors (Lipinski definition) is 3. The molecular weight excluding hydrogens is 432 g/mol. The number of carbonyl (C=O) groups is 1. The maximum absolute atomic E-state index is 12.6. The van der Waals surface area contributed by atoms with Crippen LogP contribution < -0.4 is 15.4 Å². The van der Waals surface area contributed by atoms with Gasteiger partial charge in [-0.15, -0.1) is 0 Å². The van der Waals surface area contributed by atoms with Gasteiger partial charge in [0.05, 0.1) is 6.54 Å². The summed E-state index contributed by atoms with van der Waals surface area (Å²) in [5.41, 5.74) is 4.28. The van der Waals surface area contributed by atoms with Crippen molar-refractivity contribution in [2.45, 2.75) is 25.5 Å². The second kappa shape index (κ2) is 12.0. The van der Waals surface area contributed by atoms with Crippen LogP contribution in [0, 0.1) is 0 Å². The lowest BCUT2D eigenvalue weighted by Gasteiger charge is -2.31. The lowest BCUT2D eigenvalue weighted by molar-refractivity contribution is -0.120. The summed E-state index contributed by atoms with van der Waals surface area (Å²) in [5, 5.41) is 6.37. The summed E-state index contributed by atoms with van der Waals surface area (Å²) in [6.07, 6.45) is 0. The molecule has 0 aromatic heterocycles. The molecule has 4 nitrogen and oxygen atoms in total. The molecule has 0 fully saturated rings. The van der Waals surface area contributed by atoms with Gasteiger partial charge in [-0.1, -0.05) is 103 Å². The van der Waals surface area contributed by atoms with Crippen molar-refractivity contribution in [3.05, 3.63) is 138 Å². The van der Waals surface area contributed by atoms with E-state index in [1.54, 1.807) is 0 Å². The molecule has 1 amide bonds. The summed E-state index contributed by atoms with van der Waals surface area (Å²) in [6.45, 7) is 4.11. The van der Waals surface area contributed by atoms with Gasteiger partial charge in [0, 0.05) is 18.5 Å². The van der Waals surface area contributed by atoms with Crippen molar-refractivity contribution in [3.63, 3.8) is 0 Å². The van der Waals surface area contributed by atoms with E-state index in [1.807, 2.05) is 91.0 Å². The minimum absolute atomic E-state index is 0.0223. The lowest BCUT2D eigenvalue weighted by Crippen LogP contribution is -2.42. The molecule has 0 aliphatic heterocycles. The van der Waals surface area contributed by atoms with Crippen LogP contribution in [0.5, 0.6) is 5.75 Å². The zero-order valence-corrected chi connectivity index (χ0v) is 20.1. The molecule has 4 rings (SSSR count). The Morgan fingerprint density at radius 1 is 0.714 bits per heavy atom. The van der Waals surface area contributed by atoms with Crippen molar-refractivity contribution in [2.75, 3.05) is 13.1 Å². The molecule has 0 radical (unpaired) electrons. The Bertz CT molecular complexity index is 1140. The Labute approximate surface area is 208 Å². The molecule has 35 heavy (non-hydrogen) atoms. The van der Waals surface area contributed by atoms with Gasteiger partial charge in [0.25, 0.3) is 0 Å². The molecule has 0 bridgehead atoms. The summed E-state index contributed by atoms with van der Waals surface area (Å²) in [6, 6.07) is 38.7. The first-order valence-corrected chi connectivity index (χ1v) is 12.0. The maximum atomic E-state index is 12.6. The van der Waals surface area contributed by atoms with Gasteiger partial charge in [0.2, 0.25) is 5.91 Å². The fraction of sp³-hybridized carbons (Fsp3) is 0.194. The standard InChI is InChI=1S/C31H32N2O2/c1-31(27-13-7-3-8-14-27,28-15-9-4-10-16-28)24-33-30(34)22-32-21-25-17-19-29(20-18-25)35-23-26-11-5-2-6-12-26/h2-20,32H,21-24H2,1H3,(H,33,34). The Balaban J connectivity index is 1.25. The van der Waals surface area contributed by atoms with Crippen LogP contribution in [-0.2, 0) is 23.4 Å². The molecule has 178 valence electrons. The number of benzene rings is 4. The Morgan fingerprint density at radius 2 is 1.26 bits per heavy atom. The summed E-state index contributed by atoms with van der Waals surface area (Å²) in [7, 11) is 0. The highest BCUT2D eigenvalue weighted by Crippen LogP contribution is 2.31. The Kier molecular flexibility index (Phi) is 8.31. The quantitative estimate of drug-likeness (QED) is 0.309. The third-order valence-electron chi connectivity index (χ3n) is 6.25. The van der Waals surface area contributed by atoms with Gasteiger partial charge < -0.3 is 15.4 Å². The van der Waals surface area contributed by atoms with Gasteiger partial charge in [-0.05, 0) is 41.3 Å². The summed E-state index contributed by atoms with van der Waals surface area (Å²) in [5.74, 6) is 0.808. The first-order valence-electron chi connectivity index (χ1n) is 12.0. The van der Waals surface area contributed by atoms with E-state index in [0.29, 0.717) is 19.7 Å². The van der Waals surface area contributed by atoms with Crippen LogP contribution in [0.4, 0.5) is 0 Å². The summed E-state index contributed by atoms with van der Waals surface area (Å²) >= 11 is 0. The fourth-order valence-electron chi connectivity index (χ4n) is 4.09. The highest BCUT2D eigenvalue weighted by atomic mass is 16.5. The number of nitrogens with one attached hydrogen (secondary N) is 2. The van der Waals surface area contributed by atoms with E-state index in [-0.39, 0.29) is 17.9 Å². The molecule has 4 heteroatoms. The zero-order chi connectivity index (χ0) is 24.3. The third-order valence-corrected chi connectivity index (χ3v) is 6.25. The summed E-state index contributed by atoms with van der Waals surface area (Å²) < 4.78 is 5.84. The molecular formula is C31H32N2O2. The van der Waals surface area contributed by atoms with Crippen LogP contribution in [0.1, 0.15) is 29.2 Å². The van der Waals surface area contributed by atoms with Gasteiger partial charge in [-0.2, -0.15) is 0 Å². The van der Waals surface area contributed by atoms with E-state index in [0.717, 1.165) is 16.9 Å². The summed E-state index contributed by atoms with van der Waals surface area (Å²) in [4.78, 5) is 12.6. The molecule has 4 aromatic rings. The van der Waals surface area contributed by atoms with E-state index in [4.69, 9.17) is 4.74 Å². The number of rotatable bonds is 11. The highest BCUT2D eigenvalue weighted by Gasteiger charge is 2.29. The largest absolute Gasteiger partial charge is 0.489 e. The van der Waals surface area contributed by atoms with Crippen molar-refractivity contribution >= 4 is 5.91 Å². The molecule has 0 heterocycles. The molecule has 0 saturated carbocycles. The van der Waals surface area contributed by atoms with E-state index in [9.17, 15) is 4.79 Å².